The predicted octanol–water partition coefficient (Wildman–Crippen LogP) is 2.97. The highest BCUT2D eigenvalue weighted by Gasteiger charge is 2.37. The molecule has 0 aliphatic carbocycles. The Bertz CT molecular complexity index is 879. The Balaban J connectivity index is 1.62. The van der Waals surface area contributed by atoms with E-state index in [0.29, 0.717) is 18.9 Å². The maximum Gasteiger partial charge on any atom is 0.417 e. The van der Waals surface area contributed by atoms with Gasteiger partial charge in [0.05, 0.1) is 15.5 Å². The summed E-state index contributed by atoms with van der Waals surface area (Å²) < 4.78 is 66.0. The molecule has 0 aromatic heterocycles. The van der Waals surface area contributed by atoms with Gasteiger partial charge in [-0.05, 0) is 64.0 Å². The van der Waals surface area contributed by atoms with Gasteiger partial charge in [-0.15, -0.1) is 0 Å². The third-order valence-corrected chi connectivity index (χ3v) is 7.99. The maximum atomic E-state index is 13.1. The molecule has 2 aliphatic rings. The zero-order valence-electron chi connectivity index (χ0n) is 16.6. The number of carbonyl (C=O) groups is 1. The first-order valence-electron chi connectivity index (χ1n) is 9.84. The van der Waals surface area contributed by atoms with Crippen LogP contribution in [-0.4, -0.2) is 62.8 Å². The molecule has 0 bridgehead atoms. The lowest BCUT2D eigenvalue weighted by Crippen LogP contribution is -2.48. The molecule has 0 spiro atoms. The highest BCUT2D eigenvalue weighted by molar-refractivity contribution is 7.89. The summed E-state index contributed by atoms with van der Waals surface area (Å²) in [6, 6.07) is 2.71. The van der Waals surface area contributed by atoms with Crippen molar-refractivity contribution in [3.05, 3.63) is 28.8 Å². The lowest BCUT2D eigenvalue weighted by molar-refractivity contribution is -0.137. The van der Waals surface area contributed by atoms with Crippen molar-refractivity contribution in [2.75, 3.05) is 33.2 Å². The molecule has 0 saturated carbocycles. The Kier molecular flexibility index (Phi) is 7.01. The molecule has 2 fully saturated rings. The second-order valence-electron chi connectivity index (χ2n) is 7.90. The first-order valence-corrected chi connectivity index (χ1v) is 11.7. The Hall–Kier alpha value is -1.36. The molecule has 6 nitrogen and oxygen atoms in total. The fourth-order valence-corrected chi connectivity index (χ4v) is 5.58. The van der Waals surface area contributed by atoms with Crippen LogP contribution in [0.15, 0.2) is 23.1 Å². The van der Waals surface area contributed by atoms with Crippen molar-refractivity contribution in [3.63, 3.8) is 0 Å². The molecule has 0 radical (unpaired) electrons. The minimum atomic E-state index is -4.75. The summed E-state index contributed by atoms with van der Waals surface area (Å²) in [6.07, 6.45) is -2.32. The van der Waals surface area contributed by atoms with Gasteiger partial charge in [-0.2, -0.15) is 17.5 Å². The SMILES string of the molecule is CN1CCC(NC(=O)C2CCN(S(=O)(=O)c3ccc(Cl)c(C(F)(F)F)c3)CC2)CC1. The topological polar surface area (TPSA) is 69.7 Å². The first kappa shape index (κ1) is 23.3. The second-order valence-corrected chi connectivity index (χ2v) is 10.2. The van der Waals surface area contributed by atoms with Crippen LogP contribution < -0.4 is 5.32 Å². The van der Waals surface area contributed by atoms with Crippen LogP contribution in [0.2, 0.25) is 5.02 Å². The second kappa shape index (κ2) is 9.02. The first-order chi connectivity index (χ1) is 14.0. The third-order valence-electron chi connectivity index (χ3n) is 5.77. The van der Waals surface area contributed by atoms with Crippen LogP contribution in [0.3, 0.4) is 0 Å². The van der Waals surface area contributed by atoms with E-state index in [9.17, 15) is 26.4 Å². The van der Waals surface area contributed by atoms with Gasteiger partial charge >= 0.3 is 6.18 Å². The molecule has 2 saturated heterocycles. The standard InChI is InChI=1S/C19H25ClF3N3O3S/c1-25-8-6-14(7-9-25)24-18(27)13-4-10-26(11-5-13)30(28,29)15-2-3-17(20)16(12-15)19(21,22)23/h2-3,12-14H,4-11H2,1H3,(H,24,27). The van der Waals surface area contributed by atoms with Gasteiger partial charge in [-0.3, -0.25) is 4.79 Å². The summed E-state index contributed by atoms with van der Waals surface area (Å²) in [5.74, 6) is -0.375. The van der Waals surface area contributed by atoms with Gasteiger partial charge in [-0.25, -0.2) is 8.42 Å². The maximum absolute atomic E-state index is 13.1. The Morgan fingerprint density at radius 2 is 1.70 bits per heavy atom. The molecule has 2 heterocycles. The number of benzene rings is 1. The largest absolute Gasteiger partial charge is 0.417 e. The van der Waals surface area contributed by atoms with Crippen LogP contribution in [0.25, 0.3) is 0 Å². The summed E-state index contributed by atoms with van der Waals surface area (Å²) >= 11 is 5.58. The van der Waals surface area contributed by atoms with Gasteiger partial charge in [0.1, 0.15) is 0 Å². The Morgan fingerprint density at radius 1 is 1.10 bits per heavy atom. The molecule has 3 rings (SSSR count). The van der Waals surface area contributed by atoms with Crippen LogP contribution in [0.1, 0.15) is 31.2 Å². The summed E-state index contributed by atoms with van der Waals surface area (Å²) in [6.45, 7) is 2.00. The molecule has 11 heteroatoms. The Morgan fingerprint density at radius 3 is 2.27 bits per heavy atom. The van der Waals surface area contributed by atoms with Crippen molar-refractivity contribution < 1.29 is 26.4 Å². The number of sulfonamides is 1. The quantitative estimate of drug-likeness (QED) is 0.739. The number of alkyl halides is 3. The molecule has 1 aromatic carbocycles. The number of amides is 1. The van der Waals surface area contributed by atoms with Crippen molar-refractivity contribution in [2.24, 2.45) is 5.92 Å². The van der Waals surface area contributed by atoms with E-state index in [4.69, 9.17) is 11.6 Å². The van der Waals surface area contributed by atoms with Gasteiger partial charge < -0.3 is 10.2 Å². The van der Waals surface area contributed by atoms with Crippen molar-refractivity contribution in [2.45, 2.75) is 42.8 Å². The fourth-order valence-electron chi connectivity index (χ4n) is 3.86. The molecule has 168 valence electrons. The smallest absolute Gasteiger partial charge is 0.353 e. The average molecular weight is 468 g/mol. The highest BCUT2D eigenvalue weighted by atomic mass is 35.5. The number of rotatable bonds is 4. The summed E-state index contributed by atoms with van der Waals surface area (Å²) in [7, 11) is -2.07. The number of carbonyl (C=O) groups excluding carboxylic acids is 1. The van der Waals surface area contributed by atoms with Crippen LogP contribution in [-0.2, 0) is 21.0 Å². The van der Waals surface area contributed by atoms with E-state index in [2.05, 4.69) is 10.2 Å². The lowest BCUT2D eigenvalue weighted by Gasteiger charge is -2.33. The molecule has 30 heavy (non-hydrogen) atoms. The zero-order valence-corrected chi connectivity index (χ0v) is 18.2. The van der Waals surface area contributed by atoms with Gasteiger partial charge in [0.25, 0.3) is 0 Å². The third kappa shape index (κ3) is 5.27. The van der Waals surface area contributed by atoms with Gasteiger partial charge in [-0.1, -0.05) is 11.6 Å². The van der Waals surface area contributed by atoms with E-state index in [-0.39, 0.29) is 31.0 Å². The summed E-state index contributed by atoms with van der Waals surface area (Å²) in [4.78, 5) is 14.3. The molecular weight excluding hydrogens is 443 g/mol. The summed E-state index contributed by atoms with van der Waals surface area (Å²) in [5.41, 5.74) is -1.18. The number of hydrogen-bond donors (Lipinski definition) is 1. The highest BCUT2D eigenvalue weighted by Crippen LogP contribution is 2.36. The molecule has 0 unspecified atom stereocenters. The van der Waals surface area contributed by atoms with Crippen molar-refractivity contribution in [1.82, 2.24) is 14.5 Å². The van der Waals surface area contributed by atoms with E-state index in [1.54, 1.807) is 0 Å². The fraction of sp³-hybridized carbons (Fsp3) is 0.632. The minimum Gasteiger partial charge on any atom is -0.353 e. The van der Waals surface area contributed by atoms with Crippen molar-refractivity contribution >= 4 is 27.5 Å². The Labute approximate surface area is 179 Å². The molecule has 1 N–H and O–H groups in total. The number of nitrogens with one attached hydrogen (secondary N) is 1. The van der Waals surface area contributed by atoms with Gasteiger partial charge in [0, 0.05) is 25.0 Å². The predicted molar refractivity (Wildman–Crippen MR) is 107 cm³/mol. The molecular formula is C19H25ClF3N3O3S. The number of hydrogen-bond acceptors (Lipinski definition) is 4. The van der Waals surface area contributed by atoms with E-state index >= 15 is 0 Å². The van der Waals surface area contributed by atoms with Crippen molar-refractivity contribution in [3.8, 4) is 0 Å². The van der Waals surface area contributed by atoms with Crippen LogP contribution >= 0.6 is 11.6 Å². The number of piperidine rings is 2. The average Bonchev–Trinajstić information content (AvgIpc) is 2.69. The molecule has 0 atom stereocenters. The van der Waals surface area contributed by atoms with E-state index in [0.717, 1.165) is 42.4 Å². The zero-order chi connectivity index (χ0) is 22.1. The van der Waals surface area contributed by atoms with Crippen LogP contribution in [0.5, 0.6) is 0 Å². The summed E-state index contributed by atoms with van der Waals surface area (Å²) in [5, 5.41) is 2.50. The van der Waals surface area contributed by atoms with Gasteiger partial charge in [0.2, 0.25) is 15.9 Å². The van der Waals surface area contributed by atoms with Crippen LogP contribution in [0, 0.1) is 5.92 Å². The number of halogens is 4. The number of nitrogens with zero attached hydrogens (tertiary/aromatic N) is 2. The van der Waals surface area contributed by atoms with E-state index in [1.807, 2.05) is 7.05 Å². The molecule has 2 aliphatic heterocycles. The van der Waals surface area contributed by atoms with Crippen molar-refractivity contribution in [1.29, 1.82) is 0 Å². The lowest BCUT2D eigenvalue weighted by atomic mass is 9.96. The normalized spacial score (nSPS) is 21.0. The van der Waals surface area contributed by atoms with E-state index in [1.165, 1.54) is 0 Å². The van der Waals surface area contributed by atoms with Crippen LogP contribution in [0.4, 0.5) is 13.2 Å². The number of likely N-dealkylation sites (tertiary alicyclic amines) is 1. The monoisotopic (exact) mass is 467 g/mol. The van der Waals surface area contributed by atoms with E-state index < -0.39 is 31.7 Å². The molecule has 1 amide bonds. The molecule has 1 aromatic rings. The van der Waals surface area contributed by atoms with Gasteiger partial charge in [0.15, 0.2) is 0 Å². The minimum absolute atomic E-state index is 0.0764.